The van der Waals surface area contributed by atoms with Crippen molar-refractivity contribution in [1.82, 2.24) is 10.6 Å². The number of anilines is 1. The van der Waals surface area contributed by atoms with Crippen molar-refractivity contribution in [1.29, 1.82) is 0 Å². The maximum Gasteiger partial charge on any atom is 0.253 e. The van der Waals surface area contributed by atoms with Crippen LogP contribution in [0.3, 0.4) is 0 Å². The minimum Gasteiger partial charge on any atom is -0.383 e. The highest BCUT2D eigenvalue weighted by molar-refractivity contribution is 6.04. The Kier molecular flexibility index (Phi) is 7.42. The molecule has 0 saturated heterocycles. The number of para-hydroxylation sites is 1. The van der Waals surface area contributed by atoms with E-state index in [9.17, 15) is 9.59 Å². The summed E-state index contributed by atoms with van der Waals surface area (Å²) in [5.74, 6) is -0.537. The fourth-order valence-corrected chi connectivity index (χ4v) is 1.81. The van der Waals surface area contributed by atoms with Gasteiger partial charge in [0.05, 0.1) is 17.9 Å². The molecule has 116 valence electrons. The van der Waals surface area contributed by atoms with Gasteiger partial charge in [-0.2, -0.15) is 0 Å². The monoisotopic (exact) mass is 293 g/mol. The lowest BCUT2D eigenvalue weighted by Gasteiger charge is -2.14. The number of ether oxygens (including phenoxy) is 1. The molecule has 0 fully saturated rings. The van der Waals surface area contributed by atoms with Crippen LogP contribution in [0, 0.1) is 5.92 Å². The second kappa shape index (κ2) is 9.10. The summed E-state index contributed by atoms with van der Waals surface area (Å²) in [6, 6.07) is 6.94. The van der Waals surface area contributed by atoms with E-state index in [0.29, 0.717) is 30.9 Å². The Bertz CT molecular complexity index is 477. The van der Waals surface area contributed by atoms with Crippen molar-refractivity contribution in [3.05, 3.63) is 29.8 Å². The molecule has 0 saturated carbocycles. The Morgan fingerprint density at radius 3 is 2.67 bits per heavy atom. The van der Waals surface area contributed by atoms with E-state index in [-0.39, 0.29) is 17.7 Å². The van der Waals surface area contributed by atoms with Gasteiger partial charge in [-0.1, -0.05) is 19.1 Å². The van der Waals surface area contributed by atoms with Crippen LogP contribution < -0.4 is 16.0 Å². The number of methoxy groups -OCH3 is 1. The van der Waals surface area contributed by atoms with Gasteiger partial charge in [-0.3, -0.25) is 9.59 Å². The van der Waals surface area contributed by atoms with Gasteiger partial charge in [-0.15, -0.1) is 0 Å². The molecule has 1 unspecified atom stereocenters. The number of nitrogens with one attached hydrogen (secondary N) is 3. The van der Waals surface area contributed by atoms with Gasteiger partial charge in [-0.25, -0.2) is 0 Å². The molecule has 1 rings (SSSR count). The summed E-state index contributed by atoms with van der Waals surface area (Å²) in [6.45, 7) is 3.27. The molecule has 3 N–H and O–H groups in total. The summed E-state index contributed by atoms with van der Waals surface area (Å²) in [4.78, 5) is 24.1. The van der Waals surface area contributed by atoms with Crippen LogP contribution in [0.25, 0.3) is 0 Å². The van der Waals surface area contributed by atoms with Crippen LogP contribution >= 0.6 is 0 Å². The minimum atomic E-state index is -0.232. The summed E-state index contributed by atoms with van der Waals surface area (Å²) in [5, 5.41) is 8.49. The third-order valence-corrected chi connectivity index (χ3v) is 2.98. The van der Waals surface area contributed by atoms with E-state index in [1.54, 1.807) is 38.4 Å². The second-order valence-electron chi connectivity index (χ2n) is 4.74. The van der Waals surface area contributed by atoms with Crippen LogP contribution in [0.15, 0.2) is 24.3 Å². The zero-order valence-corrected chi connectivity index (χ0v) is 12.7. The Balaban J connectivity index is 2.74. The number of carbonyl (C=O) groups is 2. The van der Waals surface area contributed by atoms with Gasteiger partial charge in [0, 0.05) is 26.1 Å². The van der Waals surface area contributed by atoms with Gasteiger partial charge < -0.3 is 20.7 Å². The molecule has 1 aromatic rings. The van der Waals surface area contributed by atoms with Crippen molar-refractivity contribution in [2.24, 2.45) is 5.92 Å². The smallest absolute Gasteiger partial charge is 0.253 e. The van der Waals surface area contributed by atoms with E-state index >= 15 is 0 Å². The number of benzene rings is 1. The molecule has 0 bridgehead atoms. The highest BCUT2D eigenvalue weighted by Crippen LogP contribution is 2.15. The number of amides is 2. The average molecular weight is 293 g/mol. The van der Waals surface area contributed by atoms with Crippen molar-refractivity contribution < 1.29 is 14.3 Å². The van der Waals surface area contributed by atoms with Crippen LogP contribution in [0.1, 0.15) is 17.3 Å². The molecule has 0 heterocycles. The van der Waals surface area contributed by atoms with Gasteiger partial charge in [0.15, 0.2) is 0 Å². The second-order valence-corrected chi connectivity index (χ2v) is 4.74. The van der Waals surface area contributed by atoms with Gasteiger partial charge in [0.2, 0.25) is 5.91 Å². The van der Waals surface area contributed by atoms with E-state index in [4.69, 9.17) is 4.74 Å². The van der Waals surface area contributed by atoms with E-state index in [1.165, 1.54) is 0 Å². The van der Waals surface area contributed by atoms with Crippen LogP contribution in [0.2, 0.25) is 0 Å². The van der Waals surface area contributed by atoms with Crippen LogP contribution in [-0.2, 0) is 9.53 Å². The molecule has 2 amide bonds. The van der Waals surface area contributed by atoms with Crippen molar-refractivity contribution in [2.75, 3.05) is 39.2 Å². The third kappa shape index (κ3) is 5.53. The quantitative estimate of drug-likeness (QED) is 0.621. The summed E-state index contributed by atoms with van der Waals surface area (Å²) < 4.78 is 4.89. The third-order valence-electron chi connectivity index (χ3n) is 2.98. The highest BCUT2D eigenvalue weighted by Gasteiger charge is 2.16. The first-order valence-electron chi connectivity index (χ1n) is 6.91. The predicted octanol–water partition coefficient (Wildman–Crippen LogP) is 0.857. The van der Waals surface area contributed by atoms with Crippen molar-refractivity contribution in [3.8, 4) is 0 Å². The number of carbonyl (C=O) groups excluding carboxylic acids is 2. The average Bonchev–Trinajstić information content (AvgIpc) is 2.48. The molecule has 6 nitrogen and oxygen atoms in total. The van der Waals surface area contributed by atoms with Crippen LogP contribution in [-0.4, -0.2) is 45.7 Å². The molecule has 0 aliphatic carbocycles. The zero-order chi connectivity index (χ0) is 15.7. The summed E-state index contributed by atoms with van der Waals surface area (Å²) in [5.41, 5.74) is 0.957. The number of rotatable bonds is 8. The maximum absolute atomic E-state index is 12.1. The lowest BCUT2D eigenvalue weighted by Crippen LogP contribution is -2.31. The Morgan fingerprint density at radius 2 is 2.00 bits per heavy atom. The Hall–Kier alpha value is -1.92. The minimum absolute atomic E-state index is 0.124. The van der Waals surface area contributed by atoms with Crippen molar-refractivity contribution in [3.63, 3.8) is 0 Å². The molecule has 6 heteroatoms. The molecule has 21 heavy (non-hydrogen) atoms. The fraction of sp³-hybridized carbons (Fsp3) is 0.467. The molecule has 0 aromatic heterocycles. The first kappa shape index (κ1) is 17.1. The first-order chi connectivity index (χ1) is 10.1. The first-order valence-corrected chi connectivity index (χ1v) is 6.91. The Morgan fingerprint density at radius 1 is 1.29 bits per heavy atom. The molecule has 0 aliphatic heterocycles. The molecular formula is C15H23N3O3. The lowest BCUT2D eigenvalue weighted by atomic mass is 10.1. The number of hydrogen-bond acceptors (Lipinski definition) is 4. The lowest BCUT2D eigenvalue weighted by molar-refractivity contribution is -0.119. The SMILES string of the molecule is CNCC(C)C(=O)Nc1ccccc1C(=O)NCCOC. The van der Waals surface area contributed by atoms with E-state index in [2.05, 4.69) is 16.0 Å². The molecular weight excluding hydrogens is 270 g/mol. The normalized spacial score (nSPS) is 11.8. The number of hydrogen-bond donors (Lipinski definition) is 3. The predicted molar refractivity (Wildman–Crippen MR) is 82.4 cm³/mol. The highest BCUT2D eigenvalue weighted by atomic mass is 16.5. The molecule has 1 aromatic carbocycles. The zero-order valence-electron chi connectivity index (χ0n) is 12.7. The van der Waals surface area contributed by atoms with Gasteiger partial charge in [-0.05, 0) is 19.2 Å². The van der Waals surface area contributed by atoms with Gasteiger partial charge >= 0.3 is 0 Å². The fourth-order valence-electron chi connectivity index (χ4n) is 1.81. The maximum atomic E-state index is 12.1. The topological polar surface area (TPSA) is 79.5 Å². The molecule has 0 aliphatic rings. The summed E-state index contributed by atoms with van der Waals surface area (Å²) >= 11 is 0. The molecule has 0 radical (unpaired) electrons. The largest absolute Gasteiger partial charge is 0.383 e. The Labute approximate surface area is 125 Å². The molecule has 1 atom stereocenters. The van der Waals surface area contributed by atoms with Crippen LogP contribution in [0.5, 0.6) is 0 Å². The van der Waals surface area contributed by atoms with Crippen LogP contribution in [0.4, 0.5) is 5.69 Å². The van der Waals surface area contributed by atoms with Gasteiger partial charge in [0.1, 0.15) is 0 Å². The van der Waals surface area contributed by atoms with Crippen molar-refractivity contribution >= 4 is 17.5 Å². The van der Waals surface area contributed by atoms with Gasteiger partial charge in [0.25, 0.3) is 5.91 Å². The molecule has 0 spiro atoms. The van der Waals surface area contributed by atoms with E-state index in [0.717, 1.165) is 0 Å². The van der Waals surface area contributed by atoms with E-state index in [1.807, 2.05) is 6.92 Å². The van der Waals surface area contributed by atoms with E-state index < -0.39 is 0 Å². The summed E-state index contributed by atoms with van der Waals surface area (Å²) in [6.07, 6.45) is 0. The van der Waals surface area contributed by atoms with Crippen molar-refractivity contribution in [2.45, 2.75) is 6.92 Å². The standard InChI is InChI=1S/C15H23N3O3/c1-11(10-16-2)14(19)18-13-7-5-4-6-12(13)15(20)17-8-9-21-3/h4-7,11,16H,8-10H2,1-3H3,(H,17,20)(H,18,19). The summed E-state index contributed by atoms with van der Waals surface area (Å²) in [7, 11) is 3.37.